The maximum Gasteiger partial charge on any atom is 0.328 e. The van der Waals surface area contributed by atoms with Crippen molar-refractivity contribution < 1.29 is 33.7 Å². The van der Waals surface area contributed by atoms with Gasteiger partial charge in [0.25, 0.3) is 0 Å². The first-order valence-corrected chi connectivity index (χ1v) is 13.1. The summed E-state index contributed by atoms with van der Waals surface area (Å²) in [5.74, 6) is -2.79. The van der Waals surface area contributed by atoms with Gasteiger partial charge in [-0.25, -0.2) is 14.0 Å². The van der Waals surface area contributed by atoms with Crippen molar-refractivity contribution in [1.29, 1.82) is 0 Å². The normalized spacial score (nSPS) is 22.6. The molecule has 9 heteroatoms. The predicted octanol–water partition coefficient (Wildman–Crippen LogP) is 3.68. The zero-order valence-electron chi connectivity index (χ0n) is 21.4. The number of hydrogen-bond donors (Lipinski definition) is 3. The minimum atomic E-state index is -1.26. The van der Waals surface area contributed by atoms with E-state index in [2.05, 4.69) is 34.6 Å². The Balaban J connectivity index is 0.000000368. The van der Waals surface area contributed by atoms with Gasteiger partial charge in [0, 0.05) is 49.1 Å². The van der Waals surface area contributed by atoms with Crippen LogP contribution in [0.5, 0.6) is 0 Å². The van der Waals surface area contributed by atoms with Crippen LogP contribution in [0.2, 0.25) is 0 Å². The zero-order valence-corrected chi connectivity index (χ0v) is 21.4. The van der Waals surface area contributed by atoms with Crippen LogP contribution in [0.25, 0.3) is 0 Å². The van der Waals surface area contributed by atoms with Crippen LogP contribution in [-0.2, 0) is 37.3 Å². The fourth-order valence-corrected chi connectivity index (χ4v) is 5.89. The number of nitrogens with zero attached hydrogens (tertiary/aromatic N) is 1. The second-order valence-electron chi connectivity index (χ2n) is 10.3. The lowest BCUT2D eigenvalue weighted by atomic mass is 9.66. The first-order valence-electron chi connectivity index (χ1n) is 13.1. The van der Waals surface area contributed by atoms with Crippen LogP contribution in [0, 0.1) is 5.82 Å². The van der Waals surface area contributed by atoms with Crippen LogP contribution in [-0.4, -0.2) is 65.1 Å². The van der Waals surface area contributed by atoms with Gasteiger partial charge in [0.05, 0.1) is 11.8 Å². The second kappa shape index (κ2) is 12.6. The molecule has 2 saturated heterocycles. The molecule has 204 valence electrons. The van der Waals surface area contributed by atoms with Crippen LogP contribution in [0.1, 0.15) is 48.9 Å². The highest BCUT2D eigenvalue weighted by Gasteiger charge is 2.48. The Bertz CT molecular complexity index is 1090. The van der Waals surface area contributed by atoms with E-state index in [-0.39, 0.29) is 16.8 Å². The van der Waals surface area contributed by atoms with Crippen molar-refractivity contribution in [2.24, 2.45) is 0 Å². The van der Waals surface area contributed by atoms with Crippen molar-refractivity contribution >= 4 is 11.9 Å². The monoisotopic (exact) mass is 526 g/mol. The lowest BCUT2D eigenvalue weighted by Gasteiger charge is -2.49. The van der Waals surface area contributed by atoms with Gasteiger partial charge >= 0.3 is 11.9 Å². The molecule has 3 aliphatic rings. The number of carboxylic acid groups (broad SMARTS) is 2. The van der Waals surface area contributed by atoms with Gasteiger partial charge in [-0.2, -0.15) is 0 Å². The number of rotatable bonds is 7. The molecule has 0 amide bonds. The summed E-state index contributed by atoms with van der Waals surface area (Å²) < 4.78 is 25.5. The van der Waals surface area contributed by atoms with E-state index in [9.17, 15) is 14.0 Å². The van der Waals surface area contributed by atoms with E-state index in [0.29, 0.717) is 18.2 Å². The molecule has 1 atom stereocenters. The van der Waals surface area contributed by atoms with Crippen molar-refractivity contribution in [2.75, 3.05) is 26.4 Å². The molecule has 1 aliphatic carbocycles. The standard InChI is InChI=1S/C25H31FN2O2.C4H4O4/c26-21-5-6-23(28-17-21)24(8-14-30-25(18-24)9-12-29-13-10-25)7-11-27-22-15-19-3-1-2-4-20(19)16-22;5-3(6)1-2-4(7)8/h1-6,17,22,27H,7-16,18H2;1-2H,(H,5,6)(H,7,8)/b;2-1-/t24-;/m1./s1. The Hall–Kier alpha value is -3.14. The van der Waals surface area contributed by atoms with E-state index < -0.39 is 11.9 Å². The topological polar surface area (TPSA) is 118 Å². The molecule has 1 spiro atoms. The fourth-order valence-electron chi connectivity index (χ4n) is 5.89. The molecule has 2 fully saturated rings. The van der Waals surface area contributed by atoms with Gasteiger partial charge in [-0.15, -0.1) is 0 Å². The number of aliphatic carboxylic acids is 2. The highest BCUT2D eigenvalue weighted by atomic mass is 19.1. The summed E-state index contributed by atoms with van der Waals surface area (Å²) in [7, 11) is 0. The third-order valence-electron chi connectivity index (χ3n) is 7.78. The third-order valence-corrected chi connectivity index (χ3v) is 7.78. The maximum atomic E-state index is 13.6. The van der Waals surface area contributed by atoms with Gasteiger partial charge in [0.15, 0.2) is 0 Å². The number of aromatic nitrogens is 1. The Morgan fingerprint density at radius 3 is 2.24 bits per heavy atom. The lowest BCUT2D eigenvalue weighted by molar-refractivity contribution is -0.154. The molecule has 1 aromatic heterocycles. The van der Waals surface area contributed by atoms with Crippen molar-refractivity contribution in [3.63, 3.8) is 0 Å². The number of nitrogens with one attached hydrogen (secondary N) is 1. The average molecular weight is 527 g/mol. The molecule has 2 aliphatic heterocycles. The summed E-state index contributed by atoms with van der Waals surface area (Å²) in [6, 6.07) is 12.7. The Kier molecular flexibility index (Phi) is 9.25. The molecule has 2 aromatic rings. The molecule has 0 bridgehead atoms. The first kappa shape index (κ1) is 27.9. The Morgan fingerprint density at radius 2 is 1.66 bits per heavy atom. The number of fused-ring (bicyclic) bond motifs is 1. The zero-order chi connectivity index (χ0) is 27.0. The van der Waals surface area contributed by atoms with E-state index in [1.54, 1.807) is 6.07 Å². The van der Waals surface area contributed by atoms with Crippen molar-refractivity contribution in [1.82, 2.24) is 10.3 Å². The summed E-state index contributed by atoms with van der Waals surface area (Å²) in [5, 5.41) is 19.4. The fraction of sp³-hybridized carbons (Fsp3) is 0.483. The maximum absolute atomic E-state index is 13.6. The number of benzene rings is 1. The molecule has 38 heavy (non-hydrogen) atoms. The van der Waals surface area contributed by atoms with Gasteiger partial charge < -0.3 is 25.0 Å². The van der Waals surface area contributed by atoms with Gasteiger partial charge in [-0.05, 0) is 74.8 Å². The SMILES string of the molecule is Fc1ccc([C@]2(CCNC3Cc4ccccc4C3)CCOC3(CCOCC3)C2)nc1.O=C(O)/C=C\C(=O)O. The molecule has 5 rings (SSSR count). The highest BCUT2D eigenvalue weighted by Crippen LogP contribution is 2.47. The van der Waals surface area contributed by atoms with Crippen LogP contribution in [0.3, 0.4) is 0 Å². The second-order valence-corrected chi connectivity index (χ2v) is 10.3. The molecule has 0 radical (unpaired) electrons. The first-order chi connectivity index (χ1) is 18.3. The molecule has 3 heterocycles. The van der Waals surface area contributed by atoms with Crippen LogP contribution >= 0.6 is 0 Å². The number of carboxylic acids is 2. The summed E-state index contributed by atoms with van der Waals surface area (Å²) >= 11 is 0. The summed E-state index contributed by atoms with van der Waals surface area (Å²) in [6.45, 7) is 3.18. The Labute approximate surface area is 221 Å². The van der Waals surface area contributed by atoms with Crippen LogP contribution in [0.15, 0.2) is 54.7 Å². The molecule has 3 N–H and O–H groups in total. The third kappa shape index (κ3) is 7.24. The number of halogens is 1. The Morgan fingerprint density at radius 1 is 1.00 bits per heavy atom. The van der Waals surface area contributed by atoms with E-state index in [4.69, 9.17) is 19.7 Å². The van der Waals surface area contributed by atoms with Crippen LogP contribution in [0.4, 0.5) is 4.39 Å². The number of hydrogen-bond acceptors (Lipinski definition) is 6. The van der Waals surface area contributed by atoms with E-state index in [1.807, 2.05) is 6.07 Å². The minimum Gasteiger partial charge on any atom is -0.478 e. The van der Waals surface area contributed by atoms with Crippen molar-refractivity contribution in [3.8, 4) is 0 Å². The molecule has 0 saturated carbocycles. The number of ether oxygens (including phenoxy) is 2. The molecule has 1 aromatic carbocycles. The predicted molar refractivity (Wildman–Crippen MR) is 139 cm³/mol. The average Bonchev–Trinajstić information content (AvgIpc) is 3.32. The smallest absolute Gasteiger partial charge is 0.328 e. The molecule has 8 nitrogen and oxygen atoms in total. The number of carbonyl (C=O) groups is 2. The van der Waals surface area contributed by atoms with Gasteiger partial charge in [-0.3, -0.25) is 4.98 Å². The highest BCUT2D eigenvalue weighted by molar-refractivity contribution is 5.89. The lowest BCUT2D eigenvalue weighted by Crippen LogP contribution is -2.51. The van der Waals surface area contributed by atoms with Gasteiger partial charge in [0.2, 0.25) is 0 Å². The molecule has 0 unspecified atom stereocenters. The van der Waals surface area contributed by atoms with E-state index in [1.165, 1.54) is 17.3 Å². The van der Waals surface area contributed by atoms with Crippen LogP contribution < -0.4 is 5.32 Å². The van der Waals surface area contributed by atoms with Gasteiger partial charge in [0.1, 0.15) is 5.82 Å². The van der Waals surface area contributed by atoms with E-state index in [0.717, 1.165) is 77.0 Å². The van der Waals surface area contributed by atoms with E-state index >= 15 is 0 Å². The van der Waals surface area contributed by atoms with Crippen molar-refractivity contribution in [2.45, 2.75) is 62.0 Å². The minimum absolute atomic E-state index is 0.0816. The van der Waals surface area contributed by atoms with Gasteiger partial charge in [-0.1, -0.05) is 24.3 Å². The quantitative estimate of drug-likeness (QED) is 0.468. The summed E-state index contributed by atoms with van der Waals surface area (Å²) in [6.07, 6.45) is 9.40. The molecular weight excluding hydrogens is 491 g/mol. The summed E-state index contributed by atoms with van der Waals surface area (Å²) in [4.78, 5) is 23.7. The largest absolute Gasteiger partial charge is 0.478 e. The molecular formula is C29H35FN2O6. The van der Waals surface area contributed by atoms with Crippen molar-refractivity contribution in [3.05, 3.63) is 77.4 Å². The number of pyridine rings is 1. The summed E-state index contributed by atoms with van der Waals surface area (Å²) in [5.41, 5.74) is 3.74.